The number of carbonyl (C=O) groups is 1. The summed E-state index contributed by atoms with van der Waals surface area (Å²) in [4.78, 5) is 17.8. The fourth-order valence-electron chi connectivity index (χ4n) is 2.27. The molecule has 1 N–H and O–H groups in total. The van der Waals surface area contributed by atoms with Gasteiger partial charge in [0, 0.05) is 31.4 Å². The lowest BCUT2D eigenvalue weighted by atomic mass is 10.1. The van der Waals surface area contributed by atoms with Crippen LogP contribution in [0.1, 0.15) is 12.0 Å². The highest BCUT2D eigenvalue weighted by atomic mass is 32.2. The number of nitrogens with zero attached hydrogens (tertiary/aromatic N) is 2. The smallest absolute Gasteiger partial charge is 0.251 e. The number of aliphatic hydroxyl groups excluding tert-OH is 1. The molecule has 5 heteroatoms. The molecule has 1 atom stereocenters. The van der Waals surface area contributed by atoms with Crippen LogP contribution in [0.5, 0.6) is 0 Å². The van der Waals surface area contributed by atoms with Gasteiger partial charge in [0.05, 0.1) is 0 Å². The molecule has 2 aromatic rings. The minimum atomic E-state index is -0.918. The number of hydrogen-bond acceptors (Lipinski definition) is 4. The molecule has 0 bridgehead atoms. The van der Waals surface area contributed by atoms with Crippen LogP contribution in [0, 0.1) is 0 Å². The van der Waals surface area contributed by atoms with E-state index in [0.29, 0.717) is 13.0 Å². The third kappa shape index (κ3) is 3.95. The second-order valence-electron chi connectivity index (χ2n) is 5.01. The second-order valence-corrected chi connectivity index (χ2v) is 5.99. The van der Waals surface area contributed by atoms with Crippen molar-refractivity contribution in [1.29, 1.82) is 0 Å². The molecule has 0 unspecified atom stereocenters. The maximum atomic E-state index is 12.1. The van der Waals surface area contributed by atoms with Crippen LogP contribution in [0.4, 0.5) is 0 Å². The molecule has 0 fully saturated rings. The summed E-state index contributed by atoms with van der Waals surface area (Å²) in [5.41, 5.74) is 1.06. The van der Waals surface area contributed by atoms with Gasteiger partial charge in [0.1, 0.15) is 6.10 Å². The van der Waals surface area contributed by atoms with Crippen LogP contribution in [0.15, 0.2) is 36.7 Å². The van der Waals surface area contributed by atoms with Crippen molar-refractivity contribution in [2.45, 2.75) is 19.1 Å². The predicted octanol–water partition coefficient (Wildman–Crippen LogP) is 2.31. The molecule has 1 aromatic heterocycles. The van der Waals surface area contributed by atoms with Crippen LogP contribution in [0.3, 0.4) is 0 Å². The Kier molecular flexibility index (Phi) is 5.59. The van der Waals surface area contributed by atoms with Gasteiger partial charge in [0.15, 0.2) is 0 Å². The number of aliphatic hydroxyl groups is 1. The minimum Gasteiger partial charge on any atom is -0.383 e. The average Bonchev–Trinajstić information content (AvgIpc) is 2.52. The van der Waals surface area contributed by atoms with Crippen molar-refractivity contribution < 1.29 is 9.90 Å². The van der Waals surface area contributed by atoms with Crippen molar-refractivity contribution in [1.82, 2.24) is 9.88 Å². The van der Waals surface area contributed by atoms with E-state index in [9.17, 15) is 9.90 Å². The summed E-state index contributed by atoms with van der Waals surface area (Å²) in [7, 11) is 1.73. The number of likely N-dealkylation sites (N-methyl/N-ethyl adjacent to an activating group) is 1. The first-order chi connectivity index (χ1) is 10.1. The van der Waals surface area contributed by atoms with Crippen molar-refractivity contribution in [3.63, 3.8) is 0 Å². The molecule has 0 radical (unpaired) electrons. The number of benzene rings is 1. The summed E-state index contributed by atoms with van der Waals surface area (Å²) in [5.74, 6) is 0.552. The van der Waals surface area contributed by atoms with Gasteiger partial charge in [-0.05, 0) is 35.4 Å². The number of aromatic nitrogens is 1. The number of pyridine rings is 1. The van der Waals surface area contributed by atoms with Gasteiger partial charge in [-0.1, -0.05) is 18.2 Å². The molecule has 21 heavy (non-hydrogen) atoms. The third-order valence-electron chi connectivity index (χ3n) is 3.44. The van der Waals surface area contributed by atoms with Gasteiger partial charge < -0.3 is 10.0 Å². The lowest BCUT2D eigenvalue weighted by Gasteiger charge is -2.21. The lowest BCUT2D eigenvalue weighted by Crippen LogP contribution is -2.36. The van der Waals surface area contributed by atoms with Crippen molar-refractivity contribution >= 4 is 28.4 Å². The van der Waals surface area contributed by atoms with Gasteiger partial charge in [0.2, 0.25) is 0 Å². The topological polar surface area (TPSA) is 53.4 Å². The van der Waals surface area contributed by atoms with Crippen LogP contribution in [0.2, 0.25) is 0 Å². The number of amides is 1. The summed E-state index contributed by atoms with van der Waals surface area (Å²) in [6.45, 7) is 0.483. The highest BCUT2D eigenvalue weighted by Crippen LogP contribution is 2.19. The largest absolute Gasteiger partial charge is 0.383 e. The lowest BCUT2D eigenvalue weighted by molar-refractivity contribution is -0.139. The summed E-state index contributed by atoms with van der Waals surface area (Å²) in [6.07, 6.45) is 5.10. The molecule has 0 aliphatic heterocycles. The zero-order valence-electron chi connectivity index (χ0n) is 12.3. The van der Waals surface area contributed by atoms with E-state index >= 15 is 0 Å². The average molecular weight is 304 g/mol. The number of fused-ring (bicyclic) bond motifs is 1. The van der Waals surface area contributed by atoms with Gasteiger partial charge >= 0.3 is 0 Å². The normalized spacial score (nSPS) is 12.3. The van der Waals surface area contributed by atoms with Gasteiger partial charge in [0.25, 0.3) is 5.91 Å². The Morgan fingerprint density at radius 3 is 3.00 bits per heavy atom. The molecule has 2 rings (SSSR count). The van der Waals surface area contributed by atoms with E-state index in [4.69, 9.17) is 0 Å². The number of hydrogen-bond donors (Lipinski definition) is 1. The Labute approximate surface area is 129 Å². The molecule has 1 aromatic carbocycles. The summed E-state index contributed by atoms with van der Waals surface area (Å²) in [6, 6.07) is 7.91. The molecule has 4 nitrogen and oxygen atoms in total. The van der Waals surface area contributed by atoms with Crippen LogP contribution in [-0.2, 0) is 11.3 Å². The molecule has 112 valence electrons. The molecule has 1 amide bonds. The number of carbonyl (C=O) groups excluding carboxylic acids is 1. The first-order valence-electron chi connectivity index (χ1n) is 6.87. The Bertz CT molecular complexity index is 613. The van der Waals surface area contributed by atoms with E-state index in [1.807, 2.05) is 36.7 Å². The maximum absolute atomic E-state index is 12.1. The van der Waals surface area contributed by atoms with Gasteiger partial charge in [-0.2, -0.15) is 11.8 Å². The van der Waals surface area contributed by atoms with E-state index < -0.39 is 6.10 Å². The van der Waals surface area contributed by atoms with Crippen LogP contribution < -0.4 is 0 Å². The van der Waals surface area contributed by atoms with Crippen LogP contribution >= 0.6 is 11.8 Å². The molecule has 0 aliphatic carbocycles. The van der Waals surface area contributed by atoms with Crippen molar-refractivity contribution in [3.8, 4) is 0 Å². The van der Waals surface area contributed by atoms with Crippen molar-refractivity contribution in [3.05, 3.63) is 42.2 Å². The fourth-order valence-corrected chi connectivity index (χ4v) is 2.73. The first kappa shape index (κ1) is 15.8. The van der Waals surface area contributed by atoms with Crippen molar-refractivity contribution in [2.75, 3.05) is 19.1 Å². The van der Waals surface area contributed by atoms with E-state index in [-0.39, 0.29) is 5.91 Å². The van der Waals surface area contributed by atoms with Crippen molar-refractivity contribution in [2.24, 2.45) is 0 Å². The Morgan fingerprint density at radius 1 is 1.43 bits per heavy atom. The predicted molar refractivity (Wildman–Crippen MR) is 87.2 cm³/mol. The molecular formula is C16H20N2O2S. The summed E-state index contributed by atoms with van der Waals surface area (Å²) in [5, 5.41) is 12.0. The van der Waals surface area contributed by atoms with Gasteiger partial charge in [-0.15, -0.1) is 0 Å². The quantitative estimate of drug-likeness (QED) is 0.890. The highest BCUT2D eigenvalue weighted by molar-refractivity contribution is 7.98. The molecule has 0 saturated carbocycles. The van der Waals surface area contributed by atoms with E-state index in [2.05, 4.69) is 4.98 Å². The molecular weight excluding hydrogens is 284 g/mol. The van der Waals surface area contributed by atoms with E-state index in [0.717, 1.165) is 22.1 Å². The summed E-state index contributed by atoms with van der Waals surface area (Å²) < 4.78 is 0. The Balaban J connectivity index is 2.11. The zero-order valence-corrected chi connectivity index (χ0v) is 13.1. The number of thioether (sulfide) groups is 1. The van der Waals surface area contributed by atoms with Gasteiger partial charge in [-0.3, -0.25) is 9.78 Å². The van der Waals surface area contributed by atoms with E-state index in [1.54, 1.807) is 29.9 Å². The molecule has 0 saturated heterocycles. The van der Waals surface area contributed by atoms with E-state index in [1.165, 1.54) is 0 Å². The van der Waals surface area contributed by atoms with Crippen LogP contribution in [-0.4, -0.2) is 46.1 Å². The monoisotopic (exact) mass is 304 g/mol. The second kappa shape index (κ2) is 7.43. The minimum absolute atomic E-state index is 0.227. The molecule has 1 heterocycles. The maximum Gasteiger partial charge on any atom is 0.251 e. The zero-order chi connectivity index (χ0) is 15.2. The highest BCUT2D eigenvalue weighted by Gasteiger charge is 2.19. The third-order valence-corrected chi connectivity index (χ3v) is 4.08. The number of rotatable bonds is 6. The fraction of sp³-hybridized carbons (Fsp3) is 0.375. The molecule has 0 aliphatic rings. The Morgan fingerprint density at radius 2 is 2.24 bits per heavy atom. The Hall–Kier alpha value is -1.59. The molecule has 0 spiro atoms. The van der Waals surface area contributed by atoms with Crippen LogP contribution in [0.25, 0.3) is 10.8 Å². The standard InChI is InChI=1S/C16H20N2O2S/c1-18(16(20)15(19)7-9-21-2)11-13-5-3-4-12-10-17-8-6-14(12)13/h3-6,8,10,15,19H,7,9,11H2,1-2H3/t15-/m0/s1. The van der Waals surface area contributed by atoms with Gasteiger partial charge in [-0.25, -0.2) is 0 Å². The first-order valence-corrected chi connectivity index (χ1v) is 8.26. The SMILES string of the molecule is CSCC[C@H](O)C(=O)N(C)Cc1cccc2cnccc12. The summed E-state index contributed by atoms with van der Waals surface area (Å²) >= 11 is 1.63.